The molecule has 19 heavy (non-hydrogen) atoms. The topological polar surface area (TPSA) is 0 Å². The van der Waals surface area contributed by atoms with Crippen molar-refractivity contribution in [3.8, 4) is 0 Å². The van der Waals surface area contributed by atoms with Gasteiger partial charge in [-0.05, 0) is 6.42 Å². The van der Waals surface area contributed by atoms with Crippen LogP contribution in [0.3, 0.4) is 0 Å². The van der Waals surface area contributed by atoms with Crippen molar-refractivity contribution >= 4 is 0 Å². The molecule has 0 aliphatic carbocycles. The molecule has 0 atom stereocenters. The van der Waals surface area contributed by atoms with Crippen molar-refractivity contribution in [3.05, 3.63) is 13.3 Å². The second-order valence-corrected chi connectivity index (χ2v) is 5.67. The minimum absolute atomic E-state index is 1.12. The van der Waals surface area contributed by atoms with E-state index < -0.39 is 0 Å². The lowest BCUT2D eigenvalue weighted by molar-refractivity contribution is 0.540. The highest BCUT2D eigenvalue weighted by Crippen LogP contribution is 2.12. The molecule has 0 aliphatic rings. The van der Waals surface area contributed by atoms with E-state index in [0.29, 0.717) is 0 Å². The fraction of sp³-hybridized carbons (Fsp3) is 0.895. The number of rotatable bonds is 13. The number of hydrogen-bond acceptors (Lipinski definition) is 0. The molecule has 0 amide bonds. The van der Waals surface area contributed by atoms with Crippen LogP contribution >= 0.6 is 0 Å². The summed E-state index contributed by atoms with van der Waals surface area (Å²) in [6.07, 6.45) is 21.8. The summed E-state index contributed by atoms with van der Waals surface area (Å²) in [5.74, 6) is 0. The Hall–Kier alpha value is 0. The molecule has 0 bridgehead atoms. The Morgan fingerprint density at radius 2 is 0.842 bits per heavy atom. The fourth-order valence-electron chi connectivity index (χ4n) is 2.19. The smallest absolute Gasteiger partial charge is 0.0448 e. The van der Waals surface area contributed by atoms with E-state index in [1.807, 2.05) is 20.3 Å². The zero-order valence-electron chi connectivity index (χ0n) is 14.2. The molecule has 0 aromatic heterocycles. The Kier molecular flexibility index (Phi) is 25.9. The second kappa shape index (κ2) is 23.1. The average molecular weight is 269 g/mol. The van der Waals surface area contributed by atoms with E-state index >= 15 is 0 Å². The highest BCUT2D eigenvalue weighted by molar-refractivity contribution is 4.49. The highest BCUT2D eigenvalue weighted by atomic mass is 14.0. The molecule has 0 nitrogen and oxygen atoms in total. The van der Waals surface area contributed by atoms with Gasteiger partial charge < -0.3 is 0 Å². The largest absolute Gasteiger partial charge is 0.0654 e. The molecule has 0 aromatic carbocycles. The molecule has 0 saturated carbocycles. The monoisotopic (exact) mass is 268 g/mol. The van der Waals surface area contributed by atoms with Crippen molar-refractivity contribution in [2.75, 3.05) is 0 Å². The van der Waals surface area contributed by atoms with Crippen LogP contribution in [-0.4, -0.2) is 0 Å². The Balaban J connectivity index is 0. The maximum absolute atomic E-state index is 3.87. The zero-order valence-corrected chi connectivity index (χ0v) is 14.2. The van der Waals surface area contributed by atoms with Crippen molar-refractivity contribution in [1.29, 1.82) is 0 Å². The van der Waals surface area contributed by atoms with E-state index in [0.717, 1.165) is 6.42 Å². The summed E-state index contributed by atoms with van der Waals surface area (Å²) in [4.78, 5) is 0. The summed E-state index contributed by atoms with van der Waals surface area (Å²) >= 11 is 0. The van der Waals surface area contributed by atoms with Crippen LogP contribution in [-0.2, 0) is 0 Å². The van der Waals surface area contributed by atoms with Gasteiger partial charge >= 0.3 is 0 Å². The molecule has 0 aromatic rings. The standard InChI is InChI=1S/C16H33.C3H7/c1-3-5-7-9-11-13-15-16-14-12-10-8-6-4-2;1-3-2/h1,3-16H2,2H3;3H,1-2H3. The molecular formula is C19H40. The highest BCUT2D eigenvalue weighted by Gasteiger charge is 1.92. The van der Waals surface area contributed by atoms with Gasteiger partial charge in [0.15, 0.2) is 0 Å². The van der Waals surface area contributed by atoms with Gasteiger partial charge in [0.05, 0.1) is 0 Å². The van der Waals surface area contributed by atoms with E-state index in [4.69, 9.17) is 0 Å². The lowest BCUT2D eigenvalue weighted by atomic mass is 10.0. The average Bonchev–Trinajstić information content (AvgIpc) is 2.41. The van der Waals surface area contributed by atoms with Crippen molar-refractivity contribution in [2.24, 2.45) is 0 Å². The van der Waals surface area contributed by atoms with Crippen molar-refractivity contribution < 1.29 is 0 Å². The van der Waals surface area contributed by atoms with E-state index in [1.54, 1.807) is 0 Å². The van der Waals surface area contributed by atoms with Gasteiger partial charge in [-0.3, -0.25) is 0 Å². The summed E-state index contributed by atoms with van der Waals surface area (Å²) in [6, 6.07) is 0. The van der Waals surface area contributed by atoms with Crippen LogP contribution in [0, 0.1) is 13.3 Å². The predicted octanol–water partition coefficient (Wildman–Crippen LogP) is 7.53. The molecule has 0 heteroatoms. The Labute approximate surface area is 124 Å². The minimum Gasteiger partial charge on any atom is -0.0654 e. The van der Waals surface area contributed by atoms with Crippen LogP contribution in [0.15, 0.2) is 0 Å². The fourth-order valence-corrected chi connectivity index (χ4v) is 2.19. The van der Waals surface area contributed by atoms with Gasteiger partial charge in [0, 0.05) is 0 Å². The molecular weight excluding hydrogens is 228 g/mol. The normalized spacial score (nSPS) is 10.1. The summed E-state index contributed by atoms with van der Waals surface area (Å²) in [7, 11) is 0. The lowest BCUT2D eigenvalue weighted by Gasteiger charge is -2.02. The molecule has 0 aliphatic heterocycles. The first kappa shape index (κ1) is 21.3. The van der Waals surface area contributed by atoms with Gasteiger partial charge in [-0.25, -0.2) is 0 Å². The first-order valence-corrected chi connectivity index (χ1v) is 8.86. The van der Waals surface area contributed by atoms with Crippen LogP contribution in [0.4, 0.5) is 0 Å². The lowest BCUT2D eigenvalue weighted by Crippen LogP contribution is -1.82. The van der Waals surface area contributed by atoms with Gasteiger partial charge in [0.1, 0.15) is 0 Å². The Morgan fingerprint density at radius 3 is 1.11 bits per heavy atom. The third-order valence-corrected chi connectivity index (χ3v) is 3.35. The Morgan fingerprint density at radius 1 is 0.579 bits per heavy atom. The summed E-state index contributed by atoms with van der Waals surface area (Å²) in [6.45, 7) is 10.2. The maximum Gasteiger partial charge on any atom is -0.0448 e. The van der Waals surface area contributed by atoms with Crippen LogP contribution < -0.4 is 0 Å². The summed E-state index contributed by atoms with van der Waals surface area (Å²) in [5, 5.41) is 0. The molecule has 0 heterocycles. The van der Waals surface area contributed by atoms with Gasteiger partial charge in [-0.15, -0.1) is 0 Å². The SMILES string of the molecule is C[CH]C.[CH2]CCCCCCCCCCCCCCC. The van der Waals surface area contributed by atoms with Gasteiger partial charge in [0.25, 0.3) is 0 Å². The van der Waals surface area contributed by atoms with Crippen LogP contribution in [0.25, 0.3) is 0 Å². The molecule has 2 radical (unpaired) electrons. The first-order valence-electron chi connectivity index (χ1n) is 8.86. The van der Waals surface area contributed by atoms with Crippen molar-refractivity contribution in [2.45, 2.75) is 111 Å². The van der Waals surface area contributed by atoms with E-state index in [1.165, 1.54) is 83.5 Å². The molecule has 0 N–H and O–H groups in total. The number of unbranched alkanes of at least 4 members (excludes halogenated alkanes) is 13. The minimum atomic E-state index is 1.12. The molecule has 0 unspecified atom stereocenters. The van der Waals surface area contributed by atoms with E-state index in [2.05, 4.69) is 13.8 Å². The molecule has 0 spiro atoms. The number of hydrogen-bond donors (Lipinski definition) is 0. The second-order valence-electron chi connectivity index (χ2n) is 5.67. The molecule has 0 saturated heterocycles. The zero-order chi connectivity index (χ0) is 14.6. The van der Waals surface area contributed by atoms with Crippen molar-refractivity contribution in [1.82, 2.24) is 0 Å². The predicted molar refractivity (Wildman–Crippen MR) is 91.3 cm³/mol. The Bertz CT molecular complexity index is 103. The van der Waals surface area contributed by atoms with Crippen LogP contribution in [0.2, 0.25) is 0 Å². The van der Waals surface area contributed by atoms with E-state index in [9.17, 15) is 0 Å². The maximum atomic E-state index is 3.87. The quantitative estimate of drug-likeness (QED) is 0.303. The molecule has 0 fully saturated rings. The first-order chi connectivity index (χ1) is 9.33. The summed E-state index contributed by atoms with van der Waals surface area (Å²) in [5.41, 5.74) is 0. The van der Waals surface area contributed by atoms with E-state index in [-0.39, 0.29) is 0 Å². The third-order valence-electron chi connectivity index (χ3n) is 3.35. The van der Waals surface area contributed by atoms with Crippen LogP contribution in [0.5, 0.6) is 0 Å². The van der Waals surface area contributed by atoms with Crippen LogP contribution in [0.1, 0.15) is 111 Å². The van der Waals surface area contributed by atoms with Crippen molar-refractivity contribution in [3.63, 3.8) is 0 Å². The van der Waals surface area contributed by atoms with Gasteiger partial charge in [0.2, 0.25) is 0 Å². The third kappa shape index (κ3) is 27.3. The molecule has 0 rings (SSSR count). The summed E-state index contributed by atoms with van der Waals surface area (Å²) < 4.78 is 0. The molecule has 116 valence electrons. The van der Waals surface area contributed by atoms with Gasteiger partial charge in [-0.2, -0.15) is 0 Å². The van der Waals surface area contributed by atoms with Gasteiger partial charge in [-0.1, -0.05) is 118 Å².